The highest BCUT2D eigenvalue weighted by Crippen LogP contribution is 2.33. The van der Waals surface area contributed by atoms with Gasteiger partial charge < -0.3 is 9.15 Å². The molecule has 6 nitrogen and oxygen atoms in total. The monoisotopic (exact) mass is 440 g/mol. The van der Waals surface area contributed by atoms with Gasteiger partial charge in [0.15, 0.2) is 5.16 Å². The lowest BCUT2D eigenvalue weighted by atomic mass is 10.1. The van der Waals surface area contributed by atoms with Crippen LogP contribution in [0.1, 0.15) is 11.3 Å². The number of fused-ring (bicyclic) bond motifs is 1. The Bertz CT molecular complexity index is 1140. The van der Waals surface area contributed by atoms with Crippen molar-refractivity contribution in [2.24, 2.45) is 0 Å². The van der Waals surface area contributed by atoms with Crippen LogP contribution in [0, 0.1) is 11.3 Å². The number of hydrogen-bond donors (Lipinski definition) is 0. The molecule has 0 N–H and O–H groups in total. The van der Waals surface area contributed by atoms with Crippen LogP contribution in [0.5, 0.6) is 5.75 Å². The smallest absolute Gasteiger partial charge is 0.208 e. The summed E-state index contributed by atoms with van der Waals surface area (Å²) in [5, 5.41) is 19.3. The fourth-order valence-corrected chi connectivity index (χ4v) is 4.05. The Morgan fingerprint density at radius 1 is 1.26 bits per heavy atom. The highest BCUT2D eigenvalue weighted by Gasteiger charge is 2.16. The van der Waals surface area contributed by atoms with E-state index in [4.69, 9.17) is 9.15 Å². The first-order valence-corrected chi connectivity index (χ1v) is 9.75. The van der Waals surface area contributed by atoms with Crippen molar-refractivity contribution in [1.82, 2.24) is 14.8 Å². The van der Waals surface area contributed by atoms with Gasteiger partial charge in [0.05, 0.1) is 7.11 Å². The van der Waals surface area contributed by atoms with Gasteiger partial charge in [-0.25, -0.2) is 0 Å². The number of aromatic nitrogens is 3. The standard InChI is InChI=1S/C19H13BrN4O2S/c1-25-14-5-3-13(4-6-14)24-11-22-23-19(24)27-10-16-15-8-12(20)2-7-17(15)26-18(16)9-21/h2-8,11H,10H2,1H3. The number of ether oxygens (including phenoxy) is 1. The van der Waals surface area contributed by atoms with Gasteiger partial charge in [-0.05, 0) is 42.5 Å². The second-order valence-electron chi connectivity index (χ2n) is 5.63. The highest BCUT2D eigenvalue weighted by molar-refractivity contribution is 9.10. The zero-order valence-corrected chi connectivity index (χ0v) is 16.6. The average Bonchev–Trinajstić information content (AvgIpc) is 3.30. The molecule has 0 atom stereocenters. The van der Waals surface area contributed by atoms with E-state index in [1.807, 2.05) is 47.0 Å². The molecule has 0 bridgehead atoms. The van der Waals surface area contributed by atoms with Crippen LogP contribution in [-0.2, 0) is 5.75 Å². The molecule has 8 heteroatoms. The summed E-state index contributed by atoms with van der Waals surface area (Å²) in [5.74, 6) is 1.66. The topological polar surface area (TPSA) is 76.9 Å². The summed E-state index contributed by atoms with van der Waals surface area (Å²) in [6.07, 6.45) is 1.67. The summed E-state index contributed by atoms with van der Waals surface area (Å²) >= 11 is 4.97. The summed E-state index contributed by atoms with van der Waals surface area (Å²) in [7, 11) is 1.63. The first kappa shape index (κ1) is 17.6. The Kier molecular flexibility index (Phi) is 4.88. The third-order valence-electron chi connectivity index (χ3n) is 4.07. The Morgan fingerprint density at radius 3 is 2.81 bits per heavy atom. The largest absolute Gasteiger partial charge is 0.497 e. The Balaban J connectivity index is 1.64. The molecule has 0 aliphatic carbocycles. The molecule has 0 spiro atoms. The number of benzene rings is 2. The molecule has 0 unspecified atom stereocenters. The number of nitrogens with zero attached hydrogens (tertiary/aromatic N) is 4. The minimum atomic E-state index is 0.325. The lowest BCUT2D eigenvalue weighted by Crippen LogP contribution is -1.96. The lowest BCUT2D eigenvalue weighted by Gasteiger charge is -2.07. The van der Waals surface area contributed by atoms with Gasteiger partial charge in [-0.1, -0.05) is 27.7 Å². The van der Waals surface area contributed by atoms with Gasteiger partial charge >= 0.3 is 0 Å². The van der Waals surface area contributed by atoms with E-state index in [0.717, 1.165) is 32.0 Å². The molecule has 0 saturated carbocycles. The van der Waals surface area contributed by atoms with Crippen molar-refractivity contribution in [2.45, 2.75) is 10.9 Å². The highest BCUT2D eigenvalue weighted by atomic mass is 79.9. The van der Waals surface area contributed by atoms with Crippen molar-refractivity contribution in [3.63, 3.8) is 0 Å². The van der Waals surface area contributed by atoms with Crippen LogP contribution in [-0.4, -0.2) is 21.9 Å². The van der Waals surface area contributed by atoms with Crippen LogP contribution in [0.25, 0.3) is 16.7 Å². The van der Waals surface area contributed by atoms with Crippen molar-refractivity contribution in [2.75, 3.05) is 7.11 Å². The summed E-state index contributed by atoms with van der Waals surface area (Å²) in [5.41, 5.74) is 2.48. The lowest BCUT2D eigenvalue weighted by molar-refractivity contribution is 0.414. The van der Waals surface area contributed by atoms with E-state index >= 15 is 0 Å². The Morgan fingerprint density at radius 2 is 2.07 bits per heavy atom. The van der Waals surface area contributed by atoms with Crippen molar-refractivity contribution >= 4 is 38.7 Å². The second-order valence-corrected chi connectivity index (χ2v) is 7.49. The normalized spacial score (nSPS) is 10.9. The number of nitriles is 1. The molecule has 2 aromatic heterocycles. The van der Waals surface area contributed by atoms with Gasteiger partial charge in [0, 0.05) is 26.9 Å². The first-order chi connectivity index (χ1) is 13.2. The quantitative estimate of drug-likeness (QED) is 0.408. The van der Waals surface area contributed by atoms with Crippen molar-refractivity contribution in [3.05, 3.63) is 64.6 Å². The Hall–Kier alpha value is -2.76. The fourth-order valence-electron chi connectivity index (χ4n) is 2.73. The first-order valence-electron chi connectivity index (χ1n) is 7.98. The summed E-state index contributed by atoms with van der Waals surface area (Å²) in [6.45, 7) is 0. The zero-order valence-electron chi connectivity index (χ0n) is 14.2. The summed E-state index contributed by atoms with van der Waals surface area (Å²) in [6, 6.07) is 15.5. The minimum Gasteiger partial charge on any atom is -0.497 e. The number of halogens is 1. The number of rotatable bonds is 5. The fraction of sp³-hybridized carbons (Fsp3) is 0.105. The third kappa shape index (κ3) is 3.44. The number of furan rings is 1. The van der Waals surface area contributed by atoms with Gasteiger partial charge in [0.1, 0.15) is 23.7 Å². The van der Waals surface area contributed by atoms with E-state index in [2.05, 4.69) is 32.2 Å². The minimum absolute atomic E-state index is 0.325. The average molecular weight is 441 g/mol. The second kappa shape index (κ2) is 7.47. The molecule has 27 heavy (non-hydrogen) atoms. The molecule has 2 heterocycles. The predicted octanol–water partition coefficient (Wildman–Crippen LogP) is 4.95. The summed E-state index contributed by atoms with van der Waals surface area (Å²) in [4.78, 5) is 0. The molecular weight excluding hydrogens is 428 g/mol. The van der Waals surface area contributed by atoms with E-state index < -0.39 is 0 Å². The van der Waals surface area contributed by atoms with Crippen molar-refractivity contribution in [3.8, 4) is 17.5 Å². The van der Waals surface area contributed by atoms with Gasteiger partial charge in [-0.2, -0.15) is 5.26 Å². The van der Waals surface area contributed by atoms with Crippen LogP contribution in [0.3, 0.4) is 0 Å². The maximum atomic E-state index is 9.42. The van der Waals surface area contributed by atoms with Crippen LogP contribution in [0.15, 0.2) is 62.8 Å². The van der Waals surface area contributed by atoms with Gasteiger partial charge in [-0.15, -0.1) is 10.2 Å². The molecule has 0 radical (unpaired) electrons. The van der Waals surface area contributed by atoms with Gasteiger partial charge in [-0.3, -0.25) is 4.57 Å². The van der Waals surface area contributed by atoms with Gasteiger partial charge in [0.25, 0.3) is 0 Å². The van der Waals surface area contributed by atoms with E-state index in [9.17, 15) is 5.26 Å². The predicted molar refractivity (Wildman–Crippen MR) is 106 cm³/mol. The number of thioether (sulfide) groups is 1. The van der Waals surface area contributed by atoms with E-state index in [1.165, 1.54) is 11.8 Å². The molecule has 0 aliphatic heterocycles. The summed E-state index contributed by atoms with van der Waals surface area (Å²) < 4.78 is 13.7. The molecular formula is C19H13BrN4O2S. The van der Waals surface area contributed by atoms with Crippen LogP contribution >= 0.6 is 27.7 Å². The molecule has 0 amide bonds. The van der Waals surface area contributed by atoms with Crippen molar-refractivity contribution < 1.29 is 9.15 Å². The van der Waals surface area contributed by atoms with Gasteiger partial charge in [0.2, 0.25) is 5.76 Å². The number of methoxy groups -OCH3 is 1. The van der Waals surface area contributed by atoms with Crippen LogP contribution in [0.2, 0.25) is 0 Å². The number of hydrogen-bond acceptors (Lipinski definition) is 6. The SMILES string of the molecule is COc1ccc(-n2cnnc2SCc2c(C#N)oc3ccc(Br)cc23)cc1. The van der Waals surface area contributed by atoms with E-state index in [0.29, 0.717) is 17.1 Å². The molecule has 2 aromatic carbocycles. The third-order valence-corrected chi connectivity index (χ3v) is 5.53. The molecule has 134 valence electrons. The van der Waals surface area contributed by atoms with E-state index in [1.54, 1.807) is 13.4 Å². The maximum absolute atomic E-state index is 9.42. The molecule has 4 aromatic rings. The molecule has 0 aliphatic rings. The van der Waals surface area contributed by atoms with Crippen molar-refractivity contribution in [1.29, 1.82) is 5.26 Å². The molecule has 0 saturated heterocycles. The van der Waals surface area contributed by atoms with Crippen LogP contribution < -0.4 is 4.74 Å². The molecule has 0 fully saturated rings. The van der Waals surface area contributed by atoms with Crippen LogP contribution in [0.4, 0.5) is 0 Å². The molecule has 4 rings (SSSR count). The Labute approximate surface area is 167 Å². The van der Waals surface area contributed by atoms with E-state index in [-0.39, 0.29) is 0 Å². The maximum Gasteiger partial charge on any atom is 0.208 e. The zero-order chi connectivity index (χ0) is 18.8.